The maximum absolute atomic E-state index is 12.3. The van der Waals surface area contributed by atoms with E-state index in [2.05, 4.69) is 54.0 Å². The second-order valence-corrected chi connectivity index (χ2v) is 6.22. The molecule has 2 aromatic rings. The van der Waals surface area contributed by atoms with Crippen molar-refractivity contribution in [2.75, 3.05) is 6.54 Å². The standard InChI is InChI=1S/C20H24N2O/c1-15(16-8-3-2-4-9-16)21-14-20(23)22-19-13-7-11-17-10-5-6-12-18(17)19/h2-6,8-10,12,15,19,21H,7,11,13-14H2,1H3,(H,22,23)/t15-,19+/m0/s1. The summed E-state index contributed by atoms with van der Waals surface area (Å²) in [5, 5.41) is 6.48. The van der Waals surface area contributed by atoms with E-state index in [1.165, 1.54) is 16.7 Å². The molecule has 0 heterocycles. The molecule has 0 aliphatic heterocycles. The Balaban J connectivity index is 1.54. The van der Waals surface area contributed by atoms with Crippen molar-refractivity contribution in [1.29, 1.82) is 0 Å². The molecule has 3 heteroatoms. The van der Waals surface area contributed by atoms with Crippen LogP contribution in [0.4, 0.5) is 0 Å². The molecule has 0 unspecified atom stereocenters. The molecule has 1 amide bonds. The molecule has 0 saturated heterocycles. The summed E-state index contributed by atoms with van der Waals surface area (Å²) in [6.45, 7) is 2.42. The van der Waals surface area contributed by atoms with E-state index in [4.69, 9.17) is 0 Å². The van der Waals surface area contributed by atoms with E-state index in [1.807, 2.05) is 18.2 Å². The minimum atomic E-state index is 0.0643. The van der Waals surface area contributed by atoms with Gasteiger partial charge in [-0.15, -0.1) is 0 Å². The van der Waals surface area contributed by atoms with Crippen molar-refractivity contribution < 1.29 is 4.79 Å². The second-order valence-electron chi connectivity index (χ2n) is 6.22. The first-order chi connectivity index (χ1) is 11.2. The maximum Gasteiger partial charge on any atom is 0.234 e. The van der Waals surface area contributed by atoms with Crippen LogP contribution >= 0.6 is 0 Å². The van der Waals surface area contributed by atoms with Gasteiger partial charge in [-0.1, -0.05) is 54.6 Å². The van der Waals surface area contributed by atoms with Gasteiger partial charge in [-0.05, 0) is 42.9 Å². The molecule has 3 nitrogen and oxygen atoms in total. The minimum absolute atomic E-state index is 0.0643. The Hall–Kier alpha value is -2.13. The summed E-state index contributed by atoms with van der Waals surface area (Å²) in [5.41, 5.74) is 3.85. The molecule has 0 fully saturated rings. The largest absolute Gasteiger partial charge is 0.348 e. The molecular formula is C20H24N2O. The van der Waals surface area contributed by atoms with Gasteiger partial charge in [-0.3, -0.25) is 4.79 Å². The van der Waals surface area contributed by atoms with Gasteiger partial charge < -0.3 is 10.6 Å². The molecule has 0 radical (unpaired) electrons. The van der Waals surface area contributed by atoms with E-state index in [1.54, 1.807) is 0 Å². The molecule has 0 aromatic heterocycles. The summed E-state index contributed by atoms with van der Waals surface area (Å²) in [5.74, 6) is 0.0643. The first-order valence-corrected chi connectivity index (χ1v) is 8.39. The van der Waals surface area contributed by atoms with E-state index in [0.717, 1.165) is 19.3 Å². The van der Waals surface area contributed by atoms with E-state index in [9.17, 15) is 4.79 Å². The van der Waals surface area contributed by atoms with Crippen LogP contribution < -0.4 is 10.6 Å². The number of fused-ring (bicyclic) bond motifs is 1. The Morgan fingerprint density at radius 2 is 1.87 bits per heavy atom. The smallest absolute Gasteiger partial charge is 0.234 e. The molecule has 120 valence electrons. The number of carbonyl (C=O) groups is 1. The predicted molar refractivity (Wildman–Crippen MR) is 93.1 cm³/mol. The molecular weight excluding hydrogens is 284 g/mol. The summed E-state index contributed by atoms with van der Waals surface area (Å²) >= 11 is 0. The van der Waals surface area contributed by atoms with Crippen LogP contribution in [0.5, 0.6) is 0 Å². The van der Waals surface area contributed by atoms with Crippen LogP contribution in [0.15, 0.2) is 54.6 Å². The van der Waals surface area contributed by atoms with Crippen LogP contribution in [0, 0.1) is 0 Å². The van der Waals surface area contributed by atoms with Crippen molar-refractivity contribution >= 4 is 5.91 Å². The molecule has 0 spiro atoms. The van der Waals surface area contributed by atoms with Crippen LogP contribution in [0.25, 0.3) is 0 Å². The van der Waals surface area contributed by atoms with E-state index in [0.29, 0.717) is 6.54 Å². The quantitative estimate of drug-likeness (QED) is 0.887. The fourth-order valence-corrected chi connectivity index (χ4v) is 3.25. The number of rotatable bonds is 5. The van der Waals surface area contributed by atoms with Gasteiger partial charge in [0.15, 0.2) is 0 Å². The number of benzene rings is 2. The Bertz CT molecular complexity index is 654. The molecule has 1 aliphatic carbocycles. The molecule has 0 saturated carbocycles. The monoisotopic (exact) mass is 308 g/mol. The first kappa shape index (κ1) is 15.8. The van der Waals surface area contributed by atoms with E-state index in [-0.39, 0.29) is 18.0 Å². The second kappa shape index (κ2) is 7.42. The highest BCUT2D eigenvalue weighted by Gasteiger charge is 2.21. The molecule has 2 aromatic carbocycles. The highest BCUT2D eigenvalue weighted by Crippen LogP contribution is 2.29. The molecule has 23 heavy (non-hydrogen) atoms. The number of carbonyl (C=O) groups excluding carboxylic acids is 1. The third-order valence-corrected chi connectivity index (χ3v) is 4.57. The lowest BCUT2D eigenvalue weighted by Gasteiger charge is -2.26. The Labute approximate surface area is 138 Å². The first-order valence-electron chi connectivity index (χ1n) is 8.39. The van der Waals surface area contributed by atoms with Crippen molar-refractivity contribution in [3.8, 4) is 0 Å². The molecule has 1 aliphatic rings. The van der Waals surface area contributed by atoms with Crippen LogP contribution in [0.1, 0.15) is 48.5 Å². The number of amides is 1. The van der Waals surface area contributed by atoms with Crippen molar-refractivity contribution in [3.63, 3.8) is 0 Å². The third kappa shape index (κ3) is 3.99. The van der Waals surface area contributed by atoms with Gasteiger partial charge in [-0.25, -0.2) is 0 Å². The Kier molecular flexibility index (Phi) is 5.09. The summed E-state index contributed by atoms with van der Waals surface area (Å²) in [6.07, 6.45) is 3.28. The molecule has 3 rings (SSSR count). The van der Waals surface area contributed by atoms with Gasteiger partial charge in [-0.2, -0.15) is 0 Å². The van der Waals surface area contributed by atoms with Gasteiger partial charge in [0.25, 0.3) is 0 Å². The van der Waals surface area contributed by atoms with Crippen molar-refractivity contribution in [2.24, 2.45) is 0 Å². The molecule has 0 bridgehead atoms. The number of aryl methyl sites for hydroxylation is 1. The summed E-state index contributed by atoms with van der Waals surface area (Å²) < 4.78 is 0. The SMILES string of the molecule is C[C@H](NCC(=O)N[C@@H]1CCCc2ccccc21)c1ccccc1. The molecule has 2 atom stereocenters. The van der Waals surface area contributed by atoms with Gasteiger partial charge in [0.05, 0.1) is 12.6 Å². The van der Waals surface area contributed by atoms with Crippen molar-refractivity contribution in [1.82, 2.24) is 10.6 Å². The topological polar surface area (TPSA) is 41.1 Å². The highest BCUT2D eigenvalue weighted by molar-refractivity contribution is 5.78. The van der Waals surface area contributed by atoms with Gasteiger partial charge in [0.1, 0.15) is 0 Å². The lowest BCUT2D eigenvalue weighted by atomic mass is 9.88. The minimum Gasteiger partial charge on any atom is -0.348 e. The van der Waals surface area contributed by atoms with Crippen molar-refractivity contribution in [3.05, 3.63) is 71.3 Å². The maximum atomic E-state index is 12.3. The van der Waals surface area contributed by atoms with Gasteiger partial charge in [0, 0.05) is 6.04 Å². The fraction of sp³-hybridized carbons (Fsp3) is 0.350. The predicted octanol–water partition coefficient (Wildman–Crippen LogP) is 3.53. The Morgan fingerprint density at radius 3 is 2.70 bits per heavy atom. The Morgan fingerprint density at radius 1 is 1.13 bits per heavy atom. The van der Waals surface area contributed by atoms with Gasteiger partial charge in [0.2, 0.25) is 5.91 Å². The number of nitrogens with one attached hydrogen (secondary N) is 2. The highest BCUT2D eigenvalue weighted by atomic mass is 16.2. The summed E-state index contributed by atoms with van der Waals surface area (Å²) in [7, 11) is 0. The summed E-state index contributed by atoms with van der Waals surface area (Å²) in [6, 6.07) is 19.0. The van der Waals surface area contributed by atoms with Crippen LogP contribution in [-0.4, -0.2) is 12.5 Å². The summed E-state index contributed by atoms with van der Waals surface area (Å²) in [4.78, 5) is 12.3. The average Bonchev–Trinajstić information content (AvgIpc) is 2.61. The lowest BCUT2D eigenvalue weighted by Crippen LogP contribution is -2.38. The average molecular weight is 308 g/mol. The normalized spacial score (nSPS) is 18.0. The van der Waals surface area contributed by atoms with E-state index < -0.39 is 0 Å². The van der Waals surface area contributed by atoms with E-state index >= 15 is 0 Å². The van der Waals surface area contributed by atoms with Gasteiger partial charge >= 0.3 is 0 Å². The van der Waals surface area contributed by atoms with Crippen molar-refractivity contribution in [2.45, 2.75) is 38.3 Å². The van der Waals surface area contributed by atoms with Crippen LogP contribution in [0.2, 0.25) is 0 Å². The lowest BCUT2D eigenvalue weighted by molar-refractivity contribution is -0.121. The van der Waals surface area contributed by atoms with Crippen LogP contribution in [0.3, 0.4) is 0 Å². The fourth-order valence-electron chi connectivity index (χ4n) is 3.25. The molecule has 2 N–H and O–H groups in total. The zero-order valence-corrected chi connectivity index (χ0v) is 13.6. The zero-order valence-electron chi connectivity index (χ0n) is 13.6. The third-order valence-electron chi connectivity index (χ3n) is 4.57. The number of hydrogen-bond acceptors (Lipinski definition) is 2. The zero-order chi connectivity index (χ0) is 16.1. The van der Waals surface area contributed by atoms with Crippen LogP contribution in [-0.2, 0) is 11.2 Å². The number of hydrogen-bond donors (Lipinski definition) is 2.